The van der Waals surface area contributed by atoms with Crippen molar-refractivity contribution in [2.45, 2.75) is 43.1 Å². The molecule has 1 amide bonds. The van der Waals surface area contributed by atoms with E-state index in [2.05, 4.69) is 35.6 Å². The molecule has 1 aliphatic carbocycles. The summed E-state index contributed by atoms with van der Waals surface area (Å²) in [6.07, 6.45) is 4.40. The zero-order chi connectivity index (χ0) is 16.6. The van der Waals surface area contributed by atoms with Crippen molar-refractivity contribution in [3.8, 4) is 0 Å². The summed E-state index contributed by atoms with van der Waals surface area (Å²) in [7, 11) is 0. The van der Waals surface area contributed by atoms with Crippen LogP contribution in [0.15, 0.2) is 60.7 Å². The van der Waals surface area contributed by atoms with Gasteiger partial charge in [0, 0.05) is 0 Å². The molecule has 3 rings (SSSR count). The monoisotopic (exact) mass is 389 g/mol. The molecule has 126 valence electrons. The molecule has 0 unspecified atom stereocenters. The molecule has 2 aromatic rings. The van der Waals surface area contributed by atoms with Gasteiger partial charge in [-0.05, 0) is 0 Å². The number of carbonyl (C=O) groups is 1. The van der Waals surface area contributed by atoms with Gasteiger partial charge in [0.25, 0.3) is 0 Å². The Bertz CT molecular complexity index is 633. The molecule has 0 radical (unpaired) electrons. The van der Waals surface area contributed by atoms with Crippen LogP contribution in [0.5, 0.6) is 0 Å². The summed E-state index contributed by atoms with van der Waals surface area (Å²) in [6, 6.07) is 20.7. The van der Waals surface area contributed by atoms with Crippen LogP contribution in [0.1, 0.15) is 31.2 Å². The molecule has 0 bridgehead atoms. The van der Waals surface area contributed by atoms with Gasteiger partial charge in [-0.25, -0.2) is 0 Å². The summed E-state index contributed by atoms with van der Waals surface area (Å²) in [6.45, 7) is 0.327. The van der Waals surface area contributed by atoms with E-state index in [0.29, 0.717) is 26.4 Å². The van der Waals surface area contributed by atoms with Crippen LogP contribution in [-0.4, -0.2) is 27.1 Å². The molecular weight excluding hydrogens is 365 g/mol. The Morgan fingerprint density at radius 1 is 1.00 bits per heavy atom. The number of hydrogen-bond acceptors (Lipinski definition) is 2. The number of benzene rings is 2. The molecule has 2 atom stereocenters. The van der Waals surface area contributed by atoms with Crippen LogP contribution in [0, 0.1) is 0 Å². The Morgan fingerprint density at radius 2 is 1.67 bits per heavy atom. The van der Waals surface area contributed by atoms with Gasteiger partial charge >= 0.3 is 150 Å². The number of rotatable bonds is 5. The molecule has 24 heavy (non-hydrogen) atoms. The van der Waals surface area contributed by atoms with E-state index in [1.54, 1.807) is 0 Å². The normalized spacial score (nSPS) is 20.3. The summed E-state index contributed by atoms with van der Waals surface area (Å²) in [5.41, 5.74) is 1.02. The fourth-order valence-corrected chi connectivity index (χ4v) is 5.76. The van der Waals surface area contributed by atoms with Crippen molar-refractivity contribution in [2.75, 3.05) is 0 Å². The zero-order valence-corrected chi connectivity index (χ0v) is 15.4. The van der Waals surface area contributed by atoms with Crippen molar-refractivity contribution in [1.29, 1.82) is 0 Å². The minimum atomic E-state index is -0.292. The molecule has 1 aliphatic rings. The van der Waals surface area contributed by atoms with E-state index in [4.69, 9.17) is 4.74 Å². The molecule has 0 spiro atoms. The Labute approximate surface area is 150 Å². The van der Waals surface area contributed by atoms with Gasteiger partial charge in [-0.3, -0.25) is 0 Å². The molecule has 1 saturated carbocycles. The maximum absolute atomic E-state index is 12.2. The van der Waals surface area contributed by atoms with E-state index in [1.807, 2.05) is 30.3 Å². The second kappa shape index (κ2) is 8.91. The third kappa shape index (κ3) is 5.12. The molecule has 0 aliphatic heterocycles. The molecule has 1 N–H and O–H groups in total. The molecule has 1 fully saturated rings. The van der Waals surface area contributed by atoms with Crippen LogP contribution in [0.25, 0.3) is 0 Å². The van der Waals surface area contributed by atoms with Crippen molar-refractivity contribution >= 4 is 25.5 Å². The molecular formula is C20H23NO2Se. The van der Waals surface area contributed by atoms with Gasteiger partial charge in [-0.1, -0.05) is 0 Å². The van der Waals surface area contributed by atoms with Crippen LogP contribution >= 0.6 is 0 Å². The van der Waals surface area contributed by atoms with Crippen molar-refractivity contribution < 1.29 is 9.53 Å². The first-order valence-corrected chi connectivity index (χ1v) is 10.3. The summed E-state index contributed by atoms with van der Waals surface area (Å²) in [4.78, 5) is 12.7. The van der Waals surface area contributed by atoms with Crippen molar-refractivity contribution in [3.05, 3.63) is 66.2 Å². The van der Waals surface area contributed by atoms with Crippen LogP contribution < -0.4 is 9.78 Å². The van der Waals surface area contributed by atoms with Crippen LogP contribution in [0.4, 0.5) is 4.79 Å². The van der Waals surface area contributed by atoms with Crippen molar-refractivity contribution in [2.24, 2.45) is 0 Å². The fourth-order valence-electron chi connectivity index (χ4n) is 2.99. The van der Waals surface area contributed by atoms with Crippen LogP contribution in [0.2, 0.25) is 4.82 Å². The summed E-state index contributed by atoms with van der Waals surface area (Å²) >= 11 is 0.388. The zero-order valence-electron chi connectivity index (χ0n) is 13.7. The molecule has 2 aromatic carbocycles. The van der Waals surface area contributed by atoms with Crippen molar-refractivity contribution in [1.82, 2.24) is 5.32 Å². The predicted molar refractivity (Wildman–Crippen MR) is 97.6 cm³/mol. The van der Waals surface area contributed by atoms with E-state index in [1.165, 1.54) is 23.7 Å². The number of nitrogens with one attached hydrogen (secondary N) is 1. The number of hydrogen-bond donors (Lipinski definition) is 1. The quantitative estimate of drug-likeness (QED) is 0.794. The molecule has 0 heterocycles. The van der Waals surface area contributed by atoms with E-state index in [-0.39, 0.29) is 12.1 Å². The first kappa shape index (κ1) is 17.1. The van der Waals surface area contributed by atoms with E-state index < -0.39 is 0 Å². The summed E-state index contributed by atoms with van der Waals surface area (Å²) in [5.74, 6) is 0. The SMILES string of the molecule is O=C(N[C@@H]1CCCC[C@@H]1[Se]c1ccccc1)OCc1ccccc1. The molecule has 0 aromatic heterocycles. The van der Waals surface area contributed by atoms with E-state index in [9.17, 15) is 4.79 Å². The third-order valence-electron chi connectivity index (χ3n) is 4.25. The molecule has 0 saturated heterocycles. The van der Waals surface area contributed by atoms with Gasteiger partial charge < -0.3 is 0 Å². The number of carbonyl (C=O) groups excluding carboxylic acids is 1. The van der Waals surface area contributed by atoms with Crippen molar-refractivity contribution in [3.63, 3.8) is 0 Å². The van der Waals surface area contributed by atoms with E-state index >= 15 is 0 Å². The van der Waals surface area contributed by atoms with Gasteiger partial charge in [0.15, 0.2) is 0 Å². The minimum absolute atomic E-state index is 0.238. The summed E-state index contributed by atoms with van der Waals surface area (Å²) < 4.78 is 6.79. The second-order valence-corrected chi connectivity index (χ2v) is 8.82. The average molecular weight is 388 g/mol. The molecule has 3 nitrogen and oxygen atoms in total. The van der Waals surface area contributed by atoms with Crippen LogP contribution in [0.3, 0.4) is 0 Å². The average Bonchev–Trinajstić information content (AvgIpc) is 2.63. The predicted octanol–water partition coefficient (Wildman–Crippen LogP) is 3.67. The Kier molecular flexibility index (Phi) is 6.33. The fraction of sp³-hybridized carbons (Fsp3) is 0.350. The third-order valence-corrected chi connectivity index (χ3v) is 7.21. The van der Waals surface area contributed by atoms with Gasteiger partial charge in [0.05, 0.1) is 0 Å². The van der Waals surface area contributed by atoms with Gasteiger partial charge in [0.2, 0.25) is 0 Å². The number of ether oxygens (including phenoxy) is 1. The number of alkyl carbamates (subject to hydrolysis) is 1. The Morgan fingerprint density at radius 3 is 2.42 bits per heavy atom. The summed E-state index contributed by atoms with van der Waals surface area (Å²) in [5, 5.41) is 3.11. The molecule has 4 heteroatoms. The Balaban J connectivity index is 1.52. The standard InChI is InChI=1S/C20H23NO2Se/c22-20(23-15-16-9-3-1-4-10-16)21-18-13-7-8-14-19(18)24-17-11-5-2-6-12-17/h1-6,9-12,18-19H,7-8,13-15H2,(H,21,22)/t18-,19+/m1/s1. The Hall–Kier alpha value is -1.77. The first-order valence-electron chi connectivity index (χ1n) is 8.50. The first-order chi connectivity index (χ1) is 11.8. The van der Waals surface area contributed by atoms with Gasteiger partial charge in [-0.2, -0.15) is 0 Å². The maximum atomic E-state index is 12.2. The topological polar surface area (TPSA) is 38.3 Å². The second-order valence-electron chi connectivity index (χ2n) is 6.07. The van der Waals surface area contributed by atoms with E-state index in [0.717, 1.165) is 12.0 Å². The van der Waals surface area contributed by atoms with Crippen LogP contribution in [-0.2, 0) is 11.3 Å². The number of amides is 1. The van der Waals surface area contributed by atoms with Gasteiger partial charge in [0.1, 0.15) is 0 Å². The van der Waals surface area contributed by atoms with Gasteiger partial charge in [-0.15, -0.1) is 0 Å².